The van der Waals surface area contributed by atoms with E-state index < -0.39 is 11.6 Å². The molecule has 3 aromatic carbocycles. The minimum Gasteiger partial charge on any atom is -0.454 e. The van der Waals surface area contributed by atoms with Crippen molar-refractivity contribution in [3.63, 3.8) is 0 Å². The number of amides is 1. The van der Waals surface area contributed by atoms with Crippen LogP contribution in [0.3, 0.4) is 0 Å². The number of nitrogens with zero attached hydrogens (tertiary/aromatic N) is 1. The van der Waals surface area contributed by atoms with Gasteiger partial charge in [0.2, 0.25) is 12.4 Å². The van der Waals surface area contributed by atoms with Gasteiger partial charge in [0.15, 0.2) is 11.5 Å². The number of esters is 1. The van der Waals surface area contributed by atoms with Crippen molar-refractivity contribution in [2.24, 2.45) is 5.92 Å². The van der Waals surface area contributed by atoms with Gasteiger partial charge < -0.3 is 19.1 Å². The molecular weight excluding hydrogens is 430 g/mol. The van der Waals surface area contributed by atoms with Crippen LogP contribution in [0.25, 0.3) is 0 Å². The highest BCUT2D eigenvalue weighted by atomic mass is 16.7. The lowest BCUT2D eigenvalue weighted by atomic mass is 9.86. The maximum Gasteiger partial charge on any atom is 0.339 e. The van der Waals surface area contributed by atoms with Crippen LogP contribution in [0.15, 0.2) is 66.7 Å². The first-order chi connectivity index (χ1) is 16.4. The maximum atomic E-state index is 14.2. The van der Waals surface area contributed by atoms with Gasteiger partial charge in [0.25, 0.3) is 5.91 Å². The number of fused-ring (bicyclic) bond motifs is 2. The molecule has 174 valence electrons. The third-order valence-electron chi connectivity index (χ3n) is 6.21. The lowest BCUT2D eigenvalue weighted by Gasteiger charge is -2.30. The van der Waals surface area contributed by atoms with E-state index in [1.807, 2.05) is 49.4 Å². The Balaban J connectivity index is 1.67. The van der Waals surface area contributed by atoms with Crippen LogP contribution in [-0.2, 0) is 21.6 Å². The van der Waals surface area contributed by atoms with Gasteiger partial charge in [-0.15, -0.1) is 0 Å². The molecule has 34 heavy (non-hydrogen) atoms. The molecule has 0 spiro atoms. The molecule has 0 N–H and O–H groups in total. The second-order valence-corrected chi connectivity index (χ2v) is 9.24. The molecule has 2 heterocycles. The summed E-state index contributed by atoms with van der Waals surface area (Å²) in [5.41, 5.74) is 2.07. The molecule has 0 aromatic heterocycles. The van der Waals surface area contributed by atoms with Crippen molar-refractivity contribution in [3.05, 3.63) is 89.0 Å². The number of hydrogen-bond donors (Lipinski definition) is 0. The Hall–Kier alpha value is -3.80. The summed E-state index contributed by atoms with van der Waals surface area (Å²) in [5, 5.41) is 0. The number of carbonyl (C=O) groups excluding carboxylic acids is 2. The molecule has 0 radical (unpaired) electrons. The summed E-state index contributed by atoms with van der Waals surface area (Å²) in [6, 6.07) is 20.2. The zero-order chi connectivity index (χ0) is 23.9. The number of anilines is 1. The molecule has 5 rings (SSSR count). The van der Waals surface area contributed by atoms with Gasteiger partial charge in [0.05, 0.1) is 11.3 Å². The second kappa shape index (κ2) is 8.52. The fraction of sp³-hybridized carbons (Fsp3) is 0.286. The van der Waals surface area contributed by atoms with Gasteiger partial charge in [0, 0.05) is 24.1 Å². The van der Waals surface area contributed by atoms with E-state index in [1.54, 1.807) is 29.2 Å². The number of hydrogen-bond acceptors (Lipinski definition) is 5. The second-order valence-electron chi connectivity index (χ2n) is 9.24. The topological polar surface area (TPSA) is 65.1 Å². The molecule has 0 saturated carbocycles. The monoisotopic (exact) mass is 457 g/mol. The summed E-state index contributed by atoms with van der Waals surface area (Å²) < 4.78 is 17.5. The van der Waals surface area contributed by atoms with Crippen LogP contribution in [0.5, 0.6) is 11.5 Å². The van der Waals surface area contributed by atoms with Crippen molar-refractivity contribution < 1.29 is 23.8 Å². The van der Waals surface area contributed by atoms with Crippen LogP contribution in [0.2, 0.25) is 0 Å². The lowest BCUT2D eigenvalue weighted by molar-refractivity contribution is -0.137. The minimum atomic E-state index is -1.52. The third-order valence-corrected chi connectivity index (χ3v) is 6.21. The van der Waals surface area contributed by atoms with Gasteiger partial charge in [-0.3, -0.25) is 4.79 Å². The van der Waals surface area contributed by atoms with E-state index in [0.29, 0.717) is 29.2 Å². The number of rotatable bonds is 6. The van der Waals surface area contributed by atoms with E-state index in [-0.39, 0.29) is 25.0 Å². The van der Waals surface area contributed by atoms with E-state index in [1.165, 1.54) is 0 Å². The standard InChI is InChI=1S/C28H27NO5/c1-18(2)16-29-23-13-12-19(3)14-22(23)28(27(29)31,34-26(30)20-8-5-4-6-9-20)15-21-10-7-11-24-25(21)33-17-32-24/h4-14,18H,15-17H2,1-3H3. The lowest BCUT2D eigenvalue weighted by Crippen LogP contribution is -2.46. The largest absolute Gasteiger partial charge is 0.454 e. The van der Waals surface area contributed by atoms with Crippen LogP contribution in [0, 0.1) is 12.8 Å². The average Bonchev–Trinajstić information content (AvgIpc) is 3.38. The van der Waals surface area contributed by atoms with Gasteiger partial charge in [0.1, 0.15) is 0 Å². The fourth-order valence-corrected chi connectivity index (χ4v) is 4.69. The molecule has 1 amide bonds. The van der Waals surface area contributed by atoms with Gasteiger partial charge in [-0.1, -0.05) is 55.8 Å². The summed E-state index contributed by atoms with van der Waals surface area (Å²) in [6.45, 7) is 6.73. The molecule has 1 unspecified atom stereocenters. The highest BCUT2D eigenvalue weighted by Gasteiger charge is 2.55. The van der Waals surface area contributed by atoms with Crippen molar-refractivity contribution in [3.8, 4) is 11.5 Å². The van der Waals surface area contributed by atoms with Crippen LogP contribution in [0.1, 0.15) is 40.9 Å². The quantitative estimate of drug-likeness (QED) is 0.486. The summed E-state index contributed by atoms with van der Waals surface area (Å²) in [5.74, 6) is 0.648. The molecule has 3 aromatic rings. The molecule has 0 bridgehead atoms. The highest BCUT2D eigenvalue weighted by molar-refractivity contribution is 6.09. The van der Waals surface area contributed by atoms with Gasteiger partial charge in [-0.2, -0.15) is 0 Å². The van der Waals surface area contributed by atoms with Crippen molar-refractivity contribution in [1.29, 1.82) is 0 Å². The van der Waals surface area contributed by atoms with Crippen molar-refractivity contribution in [2.45, 2.75) is 32.8 Å². The number of aryl methyl sites for hydroxylation is 1. The molecule has 2 aliphatic rings. The zero-order valence-electron chi connectivity index (χ0n) is 19.5. The van der Waals surface area contributed by atoms with Gasteiger partial charge in [-0.25, -0.2) is 4.79 Å². The highest BCUT2D eigenvalue weighted by Crippen LogP contribution is 2.48. The van der Waals surface area contributed by atoms with Gasteiger partial charge in [-0.05, 0) is 43.2 Å². The van der Waals surface area contributed by atoms with Crippen molar-refractivity contribution in [2.75, 3.05) is 18.2 Å². The SMILES string of the molecule is Cc1ccc2c(c1)C(Cc1cccc3c1OCO3)(OC(=O)c1ccccc1)C(=O)N2CC(C)C. The van der Waals surface area contributed by atoms with Gasteiger partial charge >= 0.3 is 5.97 Å². The fourth-order valence-electron chi connectivity index (χ4n) is 4.69. The molecule has 2 aliphatic heterocycles. The molecular formula is C28H27NO5. The van der Waals surface area contributed by atoms with Crippen molar-refractivity contribution in [1.82, 2.24) is 0 Å². The van der Waals surface area contributed by atoms with Crippen LogP contribution >= 0.6 is 0 Å². The van der Waals surface area contributed by atoms with E-state index in [2.05, 4.69) is 13.8 Å². The average molecular weight is 458 g/mol. The Kier molecular flexibility index (Phi) is 5.52. The Morgan fingerprint density at radius 2 is 1.85 bits per heavy atom. The first kappa shape index (κ1) is 22.0. The normalized spacial score (nSPS) is 18.4. The first-order valence-electron chi connectivity index (χ1n) is 11.5. The predicted octanol–water partition coefficient (Wildman–Crippen LogP) is 5.02. The summed E-state index contributed by atoms with van der Waals surface area (Å²) in [6.07, 6.45) is 0.141. The summed E-state index contributed by atoms with van der Waals surface area (Å²) >= 11 is 0. The third kappa shape index (κ3) is 3.69. The Morgan fingerprint density at radius 1 is 1.06 bits per heavy atom. The van der Waals surface area contributed by atoms with Crippen LogP contribution in [-0.4, -0.2) is 25.2 Å². The molecule has 0 aliphatic carbocycles. The minimum absolute atomic E-state index is 0.117. The Morgan fingerprint density at radius 3 is 2.62 bits per heavy atom. The molecule has 0 saturated heterocycles. The van der Waals surface area contributed by atoms with Crippen molar-refractivity contribution >= 4 is 17.6 Å². The summed E-state index contributed by atoms with van der Waals surface area (Å²) in [4.78, 5) is 29.3. The molecule has 0 fully saturated rings. The number of ether oxygens (including phenoxy) is 3. The Labute approximate surface area is 199 Å². The maximum absolute atomic E-state index is 14.2. The smallest absolute Gasteiger partial charge is 0.339 e. The summed E-state index contributed by atoms with van der Waals surface area (Å²) in [7, 11) is 0. The molecule has 6 nitrogen and oxygen atoms in total. The number of para-hydroxylation sites is 1. The van der Waals surface area contributed by atoms with E-state index in [4.69, 9.17) is 14.2 Å². The molecule has 6 heteroatoms. The van der Waals surface area contributed by atoms with E-state index in [9.17, 15) is 9.59 Å². The number of benzene rings is 3. The van der Waals surface area contributed by atoms with E-state index in [0.717, 1.165) is 16.8 Å². The molecule has 1 atom stereocenters. The van der Waals surface area contributed by atoms with Crippen LogP contribution in [0.4, 0.5) is 5.69 Å². The predicted molar refractivity (Wildman–Crippen MR) is 128 cm³/mol. The van der Waals surface area contributed by atoms with Crippen LogP contribution < -0.4 is 14.4 Å². The van der Waals surface area contributed by atoms with E-state index >= 15 is 0 Å². The Bertz CT molecular complexity index is 1250. The first-order valence-corrected chi connectivity index (χ1v) is 11.5. The zero-order valence-corrected chi connectivity index (χ0v) is 19.5. The number of carbonyl (C=O) groups is 2.